The van der Waals surface area contributed by atoms with E-state index in [1.54, 1.807) is 24.3 Å². The van der Waals surface area contributed by atoms with Crippen LogP contribution in [0.4, 0.5) is 31.5 Å². The molecule has 0 radical (unpaired) electrons. The van der Waals surface area contributed by atoms with Gasteiger partial charge in [-0.15, -0.1) is 29.1 Å². The molecule has 362 valence electrons. The number of rotatable bonds is 9. The summed E-state index contributed by atoms with van der Waals surface area (Å²) in [5.74, 6) is 0.114. The topological polar surface area (TPSA) is 33.1 Å². The molecule has 2 aromatic heterocycles. The first-order valence-corrected chi connectivity index (χ1v) is 24.3. The van der Waals surface area contributed by atoms with Crippen LogP contribution in [0.15, 0.2) is 176 Å². The predicted octanol–water partition coefficient (Wildman–Crippen LogP) is 17.4. The largest absolute Gasteiger partial charge is 2.00 e. The Hall–Kier alpha value is -7.56. The Kier molecular flexibility index (Phi) is 12.5. The van der Waals surface area contributed by atoms with Crippen LogP contribution in [0, 0.1) is 23.8 Å². The van der Waals surface area contributed by atoms with E-state index < -0.39 is 5.89 Å². The van der Waals surface area contributed by atoms with E-state index in [1.807, 2.05) is 95.9 Å². The van der Waals surface area contributed by atoms with Gasteiger partial charge in [0, 0.05) is 36.7 Å². The van der Waals surface area contributed by atoms with Crippen molar-refractivity contribution in [3.63, 3.8) is 0 Å². The van der Waals surface area contributed by atoms with E-state index in [0.717, 1.165) is 89.2 Å². The summed E-state index contributed by atoms with van der Waals surface area (Å²) in [4.78, 5) is 4.89. The smallest absolute Gasteiger partial charge is 0.509 e. The molecule has 0 unspecified atom stereocenters. The summed E-state index contributed by atoms with van der Waals surface area (Å²) in [5, 5.41) is 2.10. The van der Waals surface area contributed by atoms with Crippen LogP contribution in [0.2, 0.25) is 0 Å². The van der Waals surface area contributed by atoms with E-state index in [-0.39, 0.29) is 43.5 Å². The third kappa shape index (κ3) is 9.29. The maximum Gasteiger partial charge on any atom is 2.00 e. The van der Waals surface area contributed by atoms with Gasteiger partial charge in [-0.1, -0.05) is 156 Å². The molecule has 0 aliphatic carbocycles. The molecule has 3 heterocycles. The maximum absolute atomic E-state index is 14.7. The minimum absolute atomic E-state index is 0. The second-order valence-corrected chi connectivity index (χ2v) is 20.8. The second kappa shape index (κ2) is 19.1. The Bertz CT molecular complexity index is 3820. The number of benzene rings is 8. The predicted molar refractivity (Wildman–Crippen MR) is 291 cm³/mol. The minimum atomic E-state index is -0.927. The number of hydrogen-bond acceptors (Lipinski definition) is 2. The molecule has 8 aromatic carbocycles. The zero-order chi connectivity index (χ0) is 51.0. The Morgan fingerprint density at radius 3 is 1.84 bits per heavy atom. The van der Waals surface area contributed by atoms with E-state index in [2.05, 4.69) is 119 Å². The molecule has 0 bridgehead atoms. The van der Waals surface area contributed by atoms with Gasteiger partial charge >= 0.3 is 27.1 Å². The molecule has 0 spiro atoms. The summed E-state index contributed by atoms with van der Waals surface area (Å²) in [6.45, 7) is 16.9. The van der Waals surface area contributed by atoms with Crippen molar-refractivity contribution in [1.29, 1.82) is 0 Å². The van der Waals surface area contributed by atoms with Gasteiger partial charge in [0.05, 0.1) is 11.1 Å². The Morgan fingerprint density at radius 1 is 0.589 bits per heavy atom. The van der Waals surface area contributed by atoms with Crippen LogP contribution in [0.25, 0.3) is 61.0 Å². The van der Waals surface area contributed by atoms with E-state index >= 15 is 0 Å². The fraction of sp³-hybridized carbons (Fsp3) is 0.169. The zero-order valence-corrected chi connectivity index (χ0v) is 44.3. The molecule has 0 N–H and O–H groups in total. The van der Waals surface area contributed by atoms with Crippen LogP contribution >= 0.6 is 0 Å². The van der Waals surface area contributed by atoms with Crippen molar-refractivity contribution >= 4 is 50.6 Å². The van der Waals surface area contributed by atoms with Crippen molar-refractivity contribution in [2.75, 3.05) is 0 Å². The molecule has 1 aliphatic heterocycles. The van der Waals surface area contributed by atoms with Gasteiger partial charge in [-0.3, -0.25) is 0 Å². The molecule has 5 nitrogen and oxygen atoms in total. The molecular weight excluding hydrogens is 1090 g/mol. The summed E-state index contributed by atoms with van der Waals surface area (Å²) in [7, 11) is 0. The number of ether oxygens (including phenoxy) is 1. The first kappa shape index (κ1) is 47.7. The second-order valence-electron chi connectivity index (χ2n) is 20.8. The summed E-state index contributed by atoms with van der Waals surface area (Å²) >= 11 is 0. The fourth-order valence-electron chi connectivity index (χ4n) is 9.74. The van der Waals surface area contributed by atoms with Crippen LogP contribution in [0.3, 0.4) is 0 Å². The maximum atomic E-state index is 14.7. The van der Waals surface area contributed by atoms with Crippen molar-refractivity contribution in [2.24, 2.45) is 0 Å². The van der Waals surface area contributed by atoms with Gasteiger partial charge in [-0.05, 0) is 115 Å². The van der Waals surface area contributed by atoms with Gasteiger partial charge < -0.3 is 9.30 Å². The molecule has 0 saturated heterocycles. The average Bonchev–Trinajstić information content (AvgIpc) is 3.91. The molecule has 11 rings (SSSR count). The quantitative estimate of drug-likeness (QED) is 0.107. The summed E-state index contributed by atoms with van der Waals surface area (Å²) in [6, 6.07) is 65.2. The zero-order valence-electron chi connectivity index (χ0n) is 43.0. The minimum Gasteiger partial charge on any atom is -0.509 e. The Morgan fingerprint density at radius 2 is 1.19 bits per heavy atom. The molecule has 1 aliphatic rings. The molecule has 10 aromatic rings. The number of fused-ring (bicyclic) bond motifs is 4. The van der Waals surface area contributed by atoms with Crippen molar-refractivity contribution in [3.8, 4) is 50.7 Å². The van der Waals surface area contributed by atoms with Crippen LogP contribution in [-0.4, -0.2) is 15.6 Å². The van der Waals surface area contributed by atoms with Crippen molar-refractivity contribution < 1.29 is 36.0 Å². The molecule has 0 amide bonds. The normalized spacial score (nSPS) is 12.8. The van der Waals surface area contributed by atoms with Crippen LogP contribution in [0.1, 0.15) is 79.3 Å². The monoisotopic (exact) mass is 1140 g/mol. The summed E-state index contributed by atoms with van der Waals surface area (Å²) in [6.07, 6.45) is 1.87. The molecule has 73 heavy (non-hydrogen) atoms. The molecule has 0 fully saturated rings. The van der Waals surface area contributed by atoms with Crippen LogP contribution in [0.5, 0.6) is 11.5 Å². The number of pyridine rings is 1. The van der Waals surface area contributed by atoms with E-state index in [1.165, 1.54) is 29.8 Å². The van der Waals surface area contributed by atoms with Crippen molar-refractivity contribution in [2.45, 2.75) is 72.1 Å². The SMILES string of the molecule is [2H]C(C)(C)c1ccccc1-c1cc(Oc2[c-]c3c(cc2)c2ccccc2n3-c2cc(C(C)(C)C)ccn2)[c-]c([N+]2=C=[N+](c3c(-c4ccc(F)cc4)cc(C(C)(C)C)cc3-c3ccc(F)cc3)c3ccccc32)c1.[Pt+2]. The van der Waals surface area contributed by atoms with Gasteiger partial charge in [0.1, 0.15) is 23.1 Å². The number of aromatic nitrogens is 2. The standard InChI is InChI=1S/C65H54F2N4O.Pt/c1-41(2)52-15-9-10-16-53(52)44-33-49(38-51(34-44)72-50-29-30-55-54-17-11-12-18-58(54)71(61(55)39-50)62-37-45(31-32-68-62)64(3,4)5)69-40-70(60-20-14-13-19-59(60)69)63-56(42-21-25-47(66)26-22-42)35-46(65(6,7)8)36-57(63)43-23-27-48(67)28-24-43;/h9-37,41H,1-8H3;/q;+2/i41D;. The number of hydrogen-bond donors (Lipinski definition) is 0. The third-order valence-corrected chi connectivity index (χ3v) is 13.5. The van der Waals surface area contributed by atoms with Gasteiger partial charge in [0.15, 0.2) is 0 Å². The molecule has 8 heteroatoms. The van der Waals surface area contributed by atoms with Crippen molar-refractivity contribution in [3.05, 3.63) is 217 Å². The number of para-hydroxylation sites is 3. The first-order valence-electron chi connectivity index (χ1n) is 24.8. The first-order chi connectivity index (χ1) is 34.9. The van der Waals surface area contributed by atoms with E-state index in [9.17, 15) is 10.2 Å². The number of nitrogens with zero attached hydrogens (tertiary/aromatic N) is 4. The average molecular weight is 1140 g/mol. The van der Waals surface area contributed by atoms with E-state index in [0.29, 0.717) is 17.2 Å². The molecular formula is C65H54F2N4OPt+2. The molecule has 0 saturated carbocycles. The number of halogens is 2. The van der Waals surface area contributed by atoms with Gasteiger partial charge in [-0.25, -0.2) is 13.8 Å². The third-order valence-electron chi connectivity index (χ3n) is 13.5. The Labute approximate surface area is 442 Å². The Balaban J connectivity index is 0.00000626. The summed E-state index contributed by atoms with van der Waals surface area (Å²) in [5.41, 5.74) is 12.7. The van der Waals surface area contributed by atoms with Crippen LogP contribution < -0.4 is 13.9 Å². The van der Waals surface area contributed by atoms with Crippen LogP contribution in [-0.2, 0) is 31.9 Å². The fourth-order valence-corrected chi connectivity index (χ4v) is 9.74. The van der Waals surface area contributed by atoms with E-state index in [4.69, 9.17) is 9.72 Å². The molecule has 0 atom stereocenters. The van der Waals surface area contributed by atoms with Crippen molar-refractivity contribution in [1.82, 2.24) is 18.7 Å². The van der Waals surface area contributed by atoms with Gasteiger partial charge in [-0.2, -0.15) is 6.07 Å². The van der Waals surface area contributed by atoms with Gasteiger partial charge in [0.25, 0.3) is 11.4 Å². The summed E-state index contributed by atoms with van der Waals surface area (Å²) < 4.78 is 51.7. The van der Waals surface area contributed by atoms with Gasteiger partial charge in [0.2, 0.25) is 5.69 Å².